The van der Waals surface area contributed by atoms with Gasteiger partial charge >= 0.3 is 0 Å². The zero-order chi connectivity index (χ0) is 17.6. The fourth-order valence-electron chi connectivity index (χ4n) is 2.78. The Labute approximate surface area is 145 Å². The van der Waals surface area contributed by atoms with E-state index in [0.717, 1.165) is 5.56 Å². The average molecular weight is 344 g/mol. The summed E-state index contributed by atoms with van der Waals surface area (Å²) in [6.07, 6.45) is -1.19. The highest BCUT2D eigenvalue weighted by molar-refractivity contribution is 5.94. The first-order valence-electron chi connectivity index (χ1n) is 8.24. The van der Waals surface area contributed by atoms with E-state index < -0.39 is 12.2 Å². The topological polar surface area (TPSA) is 70.6 Å². The van der Waals surface area contributed by atoms with Crippen LogP contribution in [0.15, 0.2) is 54.6 Å². The summed E-state index contributed by atoms with van der Waals surface area (Å²) in [6.45, 7) is 1.10. The number of rotatable bonds is 6. The van der Waals surface area contributed by atoms with Crippen molar-refractivity contribution in [3.8, 4) is 0 Å². The maximum absolute atomic E-state index is 12.9. The van der Waals surface area contributed by atoms with E-state index in [9.17, 15) is 14.3 Å². The van der Waals surface area contributed by atoms with Crippen LogP contribution in [0.4, 0.5) is 4.39 Å². The first kappa shape index (κ1) is 17.5. The molecular formula is C19H21FN2O3. The SMILES string of the molecule is O=C(NC[C@H]1OC[C@@H](NCc2ccc(F)cc2)[C@@H]1O)c1ccccc1. The van der Waals surface area contributed by atoms with E-state index in [0.29, 0.717) is 18.7 Å². The molecule has 1 saturated heterocycles. The molecule has 25 heavy (non-hydrogen) atoms. The third-order valence-electron chi connectivity index (χ3n) is 4.26. The lowest BCUT2D eigenvalue weighted by Gasteiger charge is -2.19. The van der Waals surface area contributed by atoms with Gasteiger partial charge in [-0.25, -0.2) is 4.39 Å². The maximum Gasteiger partial charge on any atom is 0.251 e. The number of carbonyl (C=O) groups excluding carboxylic acids is 1. The Morgan fingerprint density at radius 2 is 1.88 bits per heavy atom. The van der Waals surface area contributed by atoms with Crippen molar-refractivity contribution >= 4 is 5.91 Å². The lowest BCUT2D eigenvalue weighted by atomic mass is 10.1. The number of ether oxygens (including phenoxy) is 1. The Bertz CT molecular complexity index is 694. The van der Waals surface area contributed by atoms with Crippen LogP contribution in [0.5, 0.6) is 0 Å². The second-order valence-corrected chi connectivity index (χ2v) is 6.05. The van der Waals surface area contributed by atoms with E-state index >= 15 is 0 Å². The molecule has 132 valence electrons. The molecule has 2 aromatic rings. The van der Waals surface area contributed by atoms with Crippen LogP contribution >= 0.6 is 0 Å². The summed E-state index contributed by atoms with van der Waals surface area (Å²) in [5, 5.41) is 16.3. The van der Waals surface area contributed by atoms with Gasteiger partial charge in [0, 0.05) is 18.7 Å². The van der Waals surface area contributed by atoms with Crippen LogP contribution in [-0.4, -0.2) is 42.4 Å². The molecule has 2 aromatic carbocycles. The largest absolute Gasteiger partial charge is 0.389 e. The van der Waals surface area contributed by atoms with Gasteiger partial charge in [0.05, 0.1) is 18.8 Å². The third kappa shape index (κ3) is 4.63. The van der Waals surface area contributed by atoms with Crippen LogP contribution in [0, 0.1) is 5.82 Å². The molecule has 3 N–H and O–H groups in total. The Balaban J connectivity index is 1.46. The van der Waals surface area contributed by atoms with Gasteiger partial charge in [-0.15, -0.1) is 0 Å². The van der Waals surface area contributed by atoms with Gasteiger partial charge in [0.2, 0.25) is 0 Å². The van der Waals surface area contributed by atoms with Crippen molar-refractivity contribution in [2.24, 2.45) is 0 Å². The molecule has 1 heterocycles. The molecule has 0 bridgehead atoms. The summed E-state index contributed by atoms with van der Waals surface area (Å²) >= 11 is 0. The summed E-state index contributed by atoms with van der Waals surface area (Å²) in [7, 11) is 0. The van der Waals surface area contributed by atoms with Gasteiger partial charge in [-0.3, -0.25) is 4.79 Å². The maximum atomic E-state index is 12.9. The number of amides is 1. The molecule has 0 unspecified atom stereocenters. The van der Waals surface area contributed by atoms with Gasteiger partial charge in [-0.1, -0.05) is 30.3 Å². The van der Waals surface area contributed by atoms with Crippen LogP contribution in [0.1, 0.15) is 15.9 Å². The van der Waals surface area contributed by atoms with Crippen molar-refractivity contribution in [3.05, 3.63) is 71.5 Å². The standard InChI is InChI=1S/C19H21FN2O3/c20-15-8-6-13(7-9-15)10-21-16-12-25-17(18(16)23)11-22-19(24)14-4-2-1-3-5-14/h1-9,16-18,21,23H,10-12H2,(H,22,24)/t16-,17-,18+/m1/s1. The van der Waals surface area contributed by atoms with Crippen molar-refractivity contribution in [2.75, 3.05) is 13.2 Å². The minimum absolute atomic E-state index is 0.195. The third-order valence-corrected chi connectivity index (χ3v) is 4.26. The smallest absolute Gasteiger partial charge is 0.251 e. The number of nitrogens with one attached hydrogen (secondary N) is 2. The van der Waals surface area contributed by atoms with E-state index in [1.165, 1.54) is 12.1 Å². The zero-order valence-corrected chi connectivity index (χ0v) is 13.7. The van der Waals surface area contributed by atoms with Crippen LogP contribution < -0.4 is 10.6 Å². The Hall–Kier alpha value is -2.28. The number of aliphatic hydroxyl groups excluding tert-OH is 1. The minimum Gasteiger partial charge on any atom is -0.389 e. The van der Waals surface area contributed by atoms with Gasteiger partial charge in [-0.05, 0) is 29.8 Å². The number of hydrogen-bond donors (Lipinski definition) is 3. The molecule has 1 aliphatic heterocycles. The molecule has 5 nitrogen and oxygen atoms in total. The first-order valence-corrected chi connectivity index (χ1v) is 8.24. The summed E-state index contributed by atoms with van der Waals surface area (Å²) in [5.74, 6) is -0.471. The zero-order valence-electron chi connectivity index (χ0n) is 13.7. The average Bonchev–Trinajstić information content (AvgIpc) is 3.00. The molecule has 1 aliphatic rings. The number of benzene rings is 2. The molecule has 0 saturated carbocycles. The molecule has 6 heteroatoms. The highest BCUT2D eigenvalue weighted by Gasteiger charge is 2.35. The van der Waals surface area contributed by atoms with Crippen molar-refractivity contribution < 1.29 is 19.0 Å². The van der Waals surface area contributed by atoms with Crippen molar-refractivity contribution in [1.29, 1.82) is 0 Å². The Morgan fingerprint density at radius 1 is 1.16 bits per heavy atom. The number of carbonyl (C=O) groups is 1. The van der Waals surface area contributed by atoms with Gasteiger partial charge < -0.3 is 20.5 Å². The second kappa shape index (κ2) is 8.20. The lowest BCUT2D eigenvalue weighted by molar-refractivity contribution is 0.0398. The molecule has 3 atom stereocenters. The van der Waals surface area contributed by atoms with E-state index in [4.69, 9.17) is 4.74 Å². The Kier molecular flexibility index (Phi) is 5.75. The monoisotopic (exact) mass is 344 g/mol. The summed E-state index contributed by atoms with van der Waals surface area (Å²) in [6, 6.07) is 14.9. The molecule has 1 amide bonds. The van der Waals surface area contributed by atoms with Gasteiger partial charge in [0.1, 0.15) is 11.9 Å². The van der Waals surface area contributed by atoms with Crippen LogP contribution in [0.2, 0.25) is 0 Å². The summed E-state index contributed by atoms with van der Waals surface area (Å²) in [5.41, 5.74) is 1.50. The summed E-state index contributed by atoms with van der Waals surface area (Å²) in [4.78, 5) is 12.0. The van der Waals surface area contributed by atoms with Crippen LogP contribution in [0.3, 0.4) is 0 Å². The number of hydrogen-bond acceptors (Lipinski definition) is 4. The molecule has 0 aliphatic carbocycles. The molecule has 0 aromatic heterocycles. The molecule has 0 radical (unpaired) electrons. The van der Waals surface area contributed by atoms with Gasteiger partial charge in [0.25, 0.3) is 5.91 Å². The number of aliphatic hydroxyl groups is 1. The second-order valence-electron chi connectivity index (χ2n) is 6.05. The van der Waals surface area contributed by atoms with E-state index in [1.54, 1.807) is 36.4 Å². The predicted octanol–water partition coefficient (Wildman–Crippen LogP) is 1.47. The fraction of sp³-hybridized carbons (Fsp3) is 0.316. The lowest BCUT2D eigenvalue weighted by Crippen LogP contribution is -2.44. The van der Waals surface area contributed by atoms with Gasteiger partial charge in [-0.2, -0.15) is 0 Å². The normalized spacial score (nSPS) is 22.7. The molecule has 3 rings (SSSR count). The summed E-state index contributed by atoms with van der Waals surface area (Å²) < 4.78 is 18.5. The van der Waals surface area contributed by atoms with E-state index in [1.807, 2.05) is 6.07 Å². The molecular weight excluding hydrogens is 323 g/mol. The van der Waals surface area contributed by atoms with Crippen molar-refractivity contribution in [3.63, 3.8) is 0 Å². The van der Waals surface area contributed by atoms with Gasteiger partial charge in [0.15, 0.2) is 0 Å². The van der Waals surface area contributed by atoms with Crippen molar-refractivity contribution in [1.82, 2.24) is 10.6 Å². The number of halogens is 1. The highest BCUT2D eigenvalue weighted by atomic mass is 19.1. The highest BCUT2D eigenvalue weighted by Crippen LogP contribution is 2.15. The first-order chi connectivity index (χ1) is 12.1. The Morgan fingerprint density at radius 3 is 2.60 bits per heavy atom. The molecule has 1 fully saturated rings. The van der Waals surface area contributed by atoms with Crippen molar-refractivity contribution in [2.45, 2.75) is 24.8 Å². The fourth-order valence-corrected chi connectivity index (χ4v) is 2.78. The van der Waals surface area contributed by atoms with Crippen LogP contribution in [-0.2, 0) is 11.3 Å². The molecule has 0 spiro atoms. The van der Waals surface area contributed by atoms with Crippen LogP contribution in [0.25, 0.3) is 0 Å². The predicted molar refractivity (Wildman–Crippen MR) is 91.5 cm³/mol. The quantitative estimate of drug-likeness (QED) is 0.742. The van der Waals surface area contributed by atoms with E-state index in [2.05, 4.69) is 10.6 Å². The minimum atomic E-state index is -0.725. The van der Waals surface area contributed by atoms with E-state index in [-0.39, 0.29) is 24.3 Å².